The predicted molar refractivity (Wildman–Crippen MR) is 287 cm³/mol. The van der Waals surface area contributed by atoms with Crippen LogP contribution in [0.3, 0.4) is 0 Å². The highest BCUT2D eigenvalue weighted by atomic mass is 16.5. The average molecular weight is 931 g/mol. The number of allylic oxidation sites excluding steroid dienone is 3. The van der Waals surface area contributed by atoms with Gasteiger partial charge in [0.05, 0.1) is 25.4 Å². The Morgan fingerprint density at radius 1 is 0.409 bits per heavy atom. The number of aliphatic hydroxyl groups excluding tert-OH is 2. The van der Waals surface area contributed by atoms with E-state index in [9.17, 15) is 19.8 Å². The van der Waals surface area contributed by atoms with Gasteiger partial charge >= 0.3 is 5.97 Å². The number of amides is 1. The average Bonchev–Trinajstić information content (AvgIpc) is 3.32. The van der Waals surface area contributed by atoms with E-state index in [0.29, 0.717) is 19.4 Å². The van der Waals surface area contributed by atoms with Gasteiger partial charge in [-0.3, -0.25) is 9.59 Å². The largest absolute Gasteiger partial charge is 0.466 e. The van der Waals surface area contributed by atoms with E-state index >= 15 is 0 Å². The topological polar surface area (TPSA) is 95.9 Å². The van der Waals surface area contributed by atoms with E-state index in [2.05, 4.69) is 31.3 Å². The number of carbonyl (C=O) groups is 2. The third-order valence-corrected chi connectivity index (χ3v) is 13.7. The van der Waals surface area contributed by atoms with Gasteiger partial charge < -0.3 is 20.3 Å². The van der Waals surface area contributed by atoms with Crippen LogP contribution in [0.5, 0.6) is 0 Å². The number of hydrogen-bond acceptors (Lipinski definition) is 5. The van der Waals surface area contributed by atoms with Crippen molar-refractivity contribution in [3.8, 4) is 0 Å². The smallest absolute Gasteiger partial charge is 0.305 e. The van der Waals surface area contributed by atoms with E-state index < -0.39 is 12.1 Å². The Balaban J connectivity index is 3.35. The predicted octanol–water partition coefficient (Wildman–Crippen LogP) is 18.2. The Morgan fingerprint density at radius 3 is 1.08 bits per heavy atom. The van der Waals surface area contributed by atoms with Crippen molar-refractivity contribution in [3.05, 3.63) is 24.3 Å². The lowest BCUT2D eigenvalue weighted by atomic mass is 10.0. The molecule has 0 aliphatic rings. The molecule has 0 aliphatic carbocycles. The van der Waals surface area contributed by atoms with Crippen LogP contribution in [-0.4, -0.2) is 47.4 Å². The fraction of sp³-hybridized carbons (Fsp3) is 0.900. The summed E-state index contributed by atoms with van der Waals surface area (Å²) in [6.45, 7) is 4.89. The maximum atomic E-state index is 12.4. The van der Waals surface area contributed by atoms with Crippen molar-refractivity contribution in [2.45, 2.75) is 334 Å². The second-order valence-electron chi connectivity index (χ2n) is 20.3. The summed E-state index contributed by atoms with van der Waals surface area (Å²) in [4.78, 5) is 24.4. The minimum atomic E-state index is -0.841. The van der Waals surface area contributed by atoms with Crippen LogP contribution in [0.15, 0.2) is 24.3 Å². The Labute approximate surface area is 411 Å². The van der Waals surface area contributed by atoms with Gasteiger partial charge in [-0.15, -0.1) is 0 Å². The Kier molecular flexibility index (Phi) is 54.5. The molecule has 0 aliphatic heterocycles. The molecule has 0 aromatic rings. The van der Waals surface area contributed by atoms with Gasteiger partial charge in [0.2, 0.25) is 5.91 Å². The molecule has 0 saturated carbocycles. The van der Waals surface area contributed by atoms with Gasteiger partial charge in [-0.05, 0) is 57.8 Å². The third-order valence-electron chi connectivity index (χ3n) is 13.7. The summed E-state index contributed by atoms with van der Waals surface area (Å²) >= 11 is 0. The highest BCUT2D eigenvalue weighted by Crippen LogP contribution is 2.17. The zero-order valence-electron chi connectivity index (χ0n) is 44.4. The molecular formula is C60H115NO5. The first-order chi connectivity index (χ1) is 32.5. The molecule has 0 rings (SSSR count). The molecule has 3 N–H and O–H groups in total. The maximum absolute atomic E-state index is 12.4. The first-order valence-electron chi connectivity index (χ1n) is 29.6. The molecule has 0 aromatic heterocycles. The van der Waals surface area contributed by atoms with Crippen LogP contribution in [-0.2, 0) is 14.3 Å². The SMILES string of the molecule is CCCCCCCC/C=C\CCCCCCCC(=O)OCCCCCCCCCCCCCCCCCCCCCCCCCCC(=O)NC(CO)C(O)/C=C/CCCCCCCCCC. The molecule has 0 bridgehead atoms. The van der Waals surface area contributed by atoms with Crippen molar-refractivity contribution in [3.63, 3.8) is 0 Å². The number of nitrogens with one attached hydrogen (secondary N) is 1. The summed E-state index contributed by atoms with van der Waals surface area (Å²) in [5.41, 5.74) is 0. The van der Waals surface area contributed by atoms with E-state index in [1.807, 2.05) is 6.08 Å². The molecule has 0 fully saturated rings. The van der Waals surface area contributed by atoms with E-state index in [-0.39, 0.29) is 18.5 Å². The number of hydrogen-bond donors (Lipinski definition) is 3. The van der Waals surface area contributed by atoms with E-state index in [0.717, 1.165) is 44.9 Å². The standard InChI is InChI=1S/C60H115NO5/c1-3-5-7-9-11-13-15-16-27-31-34-38-42-46-50-54-60(65)66-55-51-47-43-39-35-32-29-26-24-22-20-18-17-19-21-23-25-28-30-33-37-41-45-49-53-59(64)61-57(56-62)58(63)52-48-44-40-36-14-12-10-8-6-4-2/h16,27,48,52,57-58,62-63H,3-15,17-26,28-47,49-51,53-56H2,1-2H3,(H,61,64)/b27-16-,52-48+. The van der Waals surface area contributed by atoms with Crippen LogP contribution < -0.4 is 5.32 Å². The minimum Gasteiger partial charge on any atom is -0.466 e. The fourth-order valence-electron chi connectivity index (χ4n) is 9.16. The summed E-state index contributed by atoms with van der Waals surface area (Å²) in [6.07, 6.45) is 67.9. The van der Waals surface area contributed by atoms with Gasteiger partial charge in [0.15, 0.2) is 0 Å². The van der Waals surface area contributed by atoms with Crippen molar-refractivity contribution in [2.24, 2.45) is 0 Å². The van der Waals surface area contributed by atoms with Crippen LogP contribution in [0.1, 0.15) is 322 Å². The highest BCUT2D eigenvalue weighted by Gasteiger charge is 2.18. The lowest BCUT2D eigenvalue weighted by molar-refractivity contribution is -0.143. The van der Waals surface area contributed by atoms with Crippen LogP contribution in [0, 0.1) is 0 Å². The highest BCUT2D eigenvalue weighted by molar-refractivity contribution is 5.76. The molecule has 2 atom stereocenters. The van der Waals surface area contributed by atoms with Gasteiger partial charge in [-0.2, -0.15) is 0 Å². The first-order valence-corrected chi connectivity index (χ1v) is 29.6. The summed E-state index contributed by atoms with van der Waals surface area (Å²) in [7, 11) is 0. The van der Waals surface area contributed by atoms with Crippen molar-refractivity contribution < 1.29 is 24.5 Å². The summed E-state index contributed by atoms with van der Waals surface area (Å²) in [5, 5.41) is 23.0. The molecule has 1 amide bonds. The Hall–Kier alpha value is -1.66. The van der Waals surface area contributed by atoms with Gasteiger partial charge in [0, 0.05) is 12.8 Å². The molecule has 390 valence electrons. The molecule has 0 heterocycles. The van der Waals surface area contributed by atoms with Crippen LogP contribution in [0.4, 0.5) is 0 Å². The number of rotatable bonds is 55. The summed E-state index contributed by atoms with van der Waals surface area (Å²) in [6, 6.07) is -0.625. The molecule has 66 heavy (non-hydrogen) atoms. The second kappa shape index (κ2) is 55.9. The van der Waals surface area contributed by atoms with Gasteiger partial charge in [0.25, 0.3) is 0 Å². The number of ether oxygens (including phenoxy) is 1. The normalized spacial score (nSPS) is 12.7. The lowest BCUT2D eigenvalue weighted by Gasteiger charge is -2.20. The van der Waals surface area contributed by atoms with E-state index in [1.165, 1.54) is 250 Å². The number of carbonyl (C=O) groups excluding carboxylic acids is 2. The lowest BCUT2D eigenvalue weighted by Crippen LogP contribution is -2.45. The minimum absolute atomic E-state index is 0.00700. The Morgan fingerprint density at radius 2 is 0.712 bits per heavy atom. The molecular weight excluding hydrogens is 815 g/mol. The number of unbranched alkanes of at least 4 members (excludes halogenated alkanes) is 42. The summed E-state index contributed by atoms with van der Waals surface area (Å²) < 4.78 is 5.48. The summed E-state index contributed by atoms with van der Waals surface area (Å²) in [5.74, 6) is -0.0612. The van der Waals surface area contributed by atoms with Crippen LogP contribution >= 0.6 is 0 Å². The zero-order chi connectivity index (χ0) is 47.9. The second-order valence-corrected chi connectivity index (χ2v) is 20.3. The fourth-order valence-corrected chi connectivity index (χ4v) is 9.16. The quantitative estimate of drug-likeness (QED) is 0.0321. The van der Waals surface area contributed by atoms with Gasteiger partial charge in [-0.25, -0.2) is 0 Å². The molecule has 0 spiro atoms. The maximum Gasteiger partial charge on any atom is 0.305 e. The molecule has 6 heteroatoms. The third kappa shape index (κ3) is 51.7. The van der Waals surface area contributed by atoms with E-state index in [1.54, 1.807) is 6.08 Å². The van der Waals surface area contributed by atoms with Crippen LogP contribution in [0.25, 0.3) is 0 Å². The molecule has 0 radical (unpaired) electrons. The number of aliphatic hydroxyl groups is 2. The van der Waals surface area contributed by atoms with Crippen molar-refractivity contribution in [2.75, 3.05) is 13.2 Å². The molecule has 6 nitrogen and oxygen atoms in total. The van der Waals surface area contributed by atoms with Crippen molar-refractivity contribution in [1.29, 1.82) is 0 Å². The monoisotopic (exact) mass is 930 g/mol. The van der Waals surface area contributed by atoms with Crippen LogP contribution in [0.2, 0.25) is 0 Å². The zero-order valence-corrected chi connectivity index (χ0v) is 44.4. The molecule has 0 aromatic carbocycles. The van der Waals surface area contributed by atoms with Gasteiger partial charge in [0.1, 0.15) is 0 Å². The van der Waals surface area contributed by atoms with Crippen molar-refractivity contribution >= 4 is 11.9 Å². The van der Waals surface area contributed by atoms with Crippen molar-refractivity contribution in [1.82, 2.24) is 5.32 Å². The van der Waals surface area contributed by atoms with Gasteiger partial charge in [-0.1, -0.05) is 276 Å². The number of esters is 1. The van der Waals surface area contributed by atoms with E-state index in [4.69, 9.17) is 4.74 Å². The molecule has 2 unspecified atom stereocenters. The molecule has 0 saturated heterocycles. The Bertz CT molecular complexity index is 1030. The first kappa shape index (κ1) is 64.3.